The average Bonchev–Trinajstić information content (AvgIpc) is 2.81. The predicted molar refractivity (Wildman–Crippen MR) is 79.9 cm³/mol. The molecule has 0 atom stereocenters. The third kappa shape index (κ3) is 2.34. The minimum atomic E-state index is 0.638. The van der Waals surface area contributed by atoms with Gasteiger partial charge in [0, 0.05) is 16.3 Å². The second-order valence-electron chi connectivity index (χ2n) is 4.45. The fourth-order valence-corrected chi connectivity index (χ4v) is 2.89. The van der Waals surface area contributed by atoms with Gasteiger partial charge in [0.2, 0.25) is 0 Å². The van der Waals surface area contributed by atoms with E-state index in [9.17, 15) is 0 Å². The Hall–Kier alpha value is -2.08. The summed E-state index contributed by atoms with van der Waals surface area (Å²) in [5.74, 6) is 1.35. The molecule has 102 valence electrons. The van der Waals surface area contributed by atoms with Crippen LogP contribution in [0.5, 0.6) is 0 Å². The van der Waals surface area contributed by atoms with E-state index in [1.807, 2.05) is 37.3 Å². The van der Waals surface area contributed by atoms with Gasteiger partial charge in [0.25, 0.3) is 5.78 Å². The molecule has 0 aliphatic heterocycles. The van der Waals surface area contributed by atoms with Gasteiger partial charge in [0.05, 0.1) is 0 Å². The number of nitrogens with zero attached hydrogens (tertiary/aromatic N) is 4. The summed E-state index contributed by atoms with van der Waals surface area (Å²) < 4.78 is 1.77. The van der Waals surface area contributed by atoms with Crippen LogP contribution in [0.4, 0.5) is 5.69 Å². The summed E-state index contributed by atoms with van der Waals surface area (Å²) in [5.41, 5.74) is 7.77. The quantitative estimate of drug-likeness (QED) is 0.592. The van der Waals surface area contributed by atoms with Crippen molar-refractivity contribution >= 4 is 23.2 Å². The normalized spacial score (nSPS) is 11.1. The maximum atomic E-state index is 6.01. The number of rotatable bonds is 3. The summed E-state index contributed by atoms with van der Waals surface area (Å²) in [4.78, 5) is 9.84. The number of anilines is 1. The molecule has 0 aliphatic rings. The Morgan fingerprint density at radius 3 is 2.80 bits per heavy atom. The molecule has 0 saturated heterocycles. The fourth-order valence-electron chi connectivity index (χ4n) is 1.93. The van der Waals surface area contributed by atoms with Crippen LogP contribution in [0, 0.1) is 6.92 Å². The lowest BCUT2D eigenvalue weighted by molar-refractivity contribution is 0.812. The lowest BCUT2D eigenvalue weighted by Gasteiger charge is -2.07. The highest BCUT2D eigenvalue weighted by Gasteiger charge is 2.11. The SMILES string of the molecule is CCc1cc(Sc2ccccc2N)n2nc(C)nc2n1. The van der Waals surface area contributed by atoms with Crippen molar-refractivity contribution < 1.29 is 0 Å². The van der Waals surface area contributed by atoms with Gasteiger partial charge in [-0.05, 0) is 31.5 Å². The van der Waals surface area contributed by atoms with Crippen molar-refractivity contribution in [2.75, 3.05) is 5.73 Å². The molecule has 2 heterocycles. The number of para-hydroxylation sites is 1. The molecule has 0 saturated carbocycles. The van der Waals surface area contributed by atoms with Crippen LogP contribution in [0.1, 0.15) is 18.4 Å². The monoisotopic (exact) mass is 285 g/mol. The molecule has 0 radical (unpaired) electrons. The van der Waals surface area contributed by atoms with Crippen molar-refractivity contribution in [1.82, 2.24) is 19.6 Å². The summed E-state index contributed by atoms with van der Waals surface area (Å²) in [5, 5.41) is 5.37. The number of fused-ring (bicyclic) bond motifs is 1. The zero-order valence-electron chi connectivity index (χ0n) is 11.4. The van der Waals surface area contributed by atoms with Crippen molar-refractivity contribution in [2.45, 2.75) is 30.2 Å². The molecule has 0 amide bonds. The van der Waals surface area contributed by atoms with Crippen LogP contribution in [0.15, 0.2) is 40.3 Å². The minimum Gasteiger partial charge on any atom is -0.398 e. The molecule has 5 nitrogen and oxygen atoms in total. The van der Waals surface area contributed by atoms with Crippen LogP contribution < -0.4 is 5.73 Å². The second-order valence-corrected chi connectivity index (χ2v) is 5.51. The molecule has 0 aliphatic carbocycles. The Balaban J connectivity index is 2.12. The van der Waals surface area contributed by atoms with Crippen molar-refractivity contribution in [3.8, 4) is 0 Å². The Labute approximate surface area is 121 Å². The molecule has 3 aromatic rings. The zero-order chi connectivity index (χ0) is 14.1. The van der Waals surface area contributed by atoms with Gasteiger partial charge in [0.1, 0.15) is 10.9 Å². The molecular formula is C14H15N5S. The molecule has 1 aromatic carbocycles. The van der Waals surface area contributed by atoms with Gasteiger partial charge in [-0.1, -0.05) is 30.8 Å². The van der Waals surface area contributed by atoms with Gasteiger partial charge in [-0.25, -0.2) is 4.98 Å². The first-order chi connectivity index (χ1) is 9.67. The van der Waals surface area contributed by atoms with E-state index in [1.54, 1.807) is 16.3 Å². The molecule has 0 unspecified atom stereocenters. The molecular weight excluding hydrogens is 270 g/mol. The van der Waals surface area contributed by atoms with E-state index in [-0.39, 0.29) is 0 Å². The zero-order valence-corrected chi connectivity index (χ0v) is 12.2. The number of hydrogen-bond acceptors (Lipinski definition) is 5. The van der Waals surface area contributed by atoms with E-state index in [2.05, 4.69) is 22.0 Å². The molecule has 0 spiro atoms. The molecule has 2 N–H and O–H groups in total. The van der Waals surface area contributed by atoms with Crippen molar-refractivity contribution in [3.05, 3.63) is 41.9 Å². The third-order valence-electron chi connectivity index (χ3n) is 2.93. The van der Waals surface area contributed by atoms with E-state index in [0.717, 1.165) is 27.7 Å². The Morgan fingerprint density at radius 2 is 2.05 bits per heavy atom. The number of aryl methyl sites for hydroxylation is 2. The molecule has 3 rings (SSSR count). The first-order valence-electron chi connectivity index (χ1n) is 6.43. The lowest BCUT2D eigenvalue weighted by Crippen LogP contribution is -1.99. The topological polar surface area (TPSA) is 69.1 Å². The summed E-state index contributed by atoms with van der Waals surface area (Å²) in [7, 11) is 0. The van der Waals surface area contributed by atoms with Crippen LogP contribution in [-0.2, 0) is 6.42 Å². The molecule has 2 aromatic heterocycles. The third-order valence-corrected chi connectivity index (χ3v) is 4.03. The van der Waals surface area contributed by atoms with Gasteiger partial charge >= 0.3 is 0 Å². The van der Waals surface area contributed by atoms with E-state index >= 15 is 0 Å². The average molecular weight is 285 g/mol. The van der Waals surface area contributed by atoms with Crippen molar-refractivity contribution in [2.24, 2.45) is 0 Å². The summed E-state index contributed by atoms with van der Waals surface area (Å²) >= 11 is 1.58. The molecule has 6 heteroatoms. The highest BCUT2D eigenvalue weighted by molar-refractivity contribution is 7.99. The van der Waals surface area contributed by atoms with Gasteiger partial charge < -0.3 is 5.73 Å². The Kier molecular flexibility index (Phi) is 3.31. The highest BCUT2D eigenvalue weighted by Crippen LogP contribution is 2.32. The number of hydrogen-bond donors (Lipinski definition) is 1. The van der Waals surface area contributed by atoms with E-state index < -0.39 is 0 Å². The molecule has 0 fully saturated rings. The predicted octanol–water partition coefficient (Wildman–Crippen LogP) is 2.73. The largest absolute Gasteiger partial charge is 0.398 e. The maximum Gasteiger partial charge on any atom is 0.253 e. The summed E-state index contributed by atoms with van der Waals surface area (Å²) in [6.45, 7) is 3.94. The second kappa shape index (κ2) is 5.13. The number of benzene rings is 1. The van der Waals surface area contributed by atoms with Gasteiger partial charge in [0.15, 0.2) is 0 Å². The van der Waals surface area contributed by atoms with Gasteiger partial charge in [-0.2, -0.15) is 9.50 Å². The fraction of sp³-hybridized carbons (Fsp3) is 0.214. The lowest BCUT2D eigenvalue weighted by atomic mass is 10.3. The van der Waals surface area contributed by atoms with Crippen LogP contribution in [0.3, 0.4) is 0 Å². The number of aromatic nitrogens is 4. The first kappa shape index (κ1) is 12.9. The summed E-state index contributed by atoms with van der Waals surface area (Å²) in [6, 6.07) is 9.84. The van der Waals surface area contributed by atoms with Crippen molar-refractivity contribution in [3.63, 3.8) is 0 Å². The van der Waals surface area contributed by atoms with Crippen molar-refractivity contribution in [1.29, 1.82) is 0 Å². The van der Waals surface area contributed by atoms with E-state index in [4.69, 9.17) is 5.73 Å². The molecule has 0 bridgehead atoms. The van der Waals surface area contributed by atoms with Crippen LogP contribution in [0.25, 0.3) is 5.78 Å². The van der Waals surface area contributed by atoms with Gasteiger partial charge in [-0.3, -0.25) is 0 Å². The smallest absolute Gasteiger partial charge is 0.253 e. The maximum absolute atomic E-state index is 6.01. The van der Waals surface area contributed by atoms with Crippen LogP contribution in [0.2, 0.25) is 0 Å². The Bertz CT molecular complexity index is 765. The number of nitrogen functional groups attached to an aromatic ring is 1. The van der Waals surface area contributed by atoms with Gasteiger partial charge in [-0.15, -0.1) is 5.10 Å². The van der Waals surface area contributed by atoms with Crippen LogP contribution in [-0.4, -0.2) is 19.6 Å². The van der Waals surface area contributed by atoms with Crippen LogP contribution >= 0.6 is 11.8 Å². The summed E-state index contributed by atoms with van der Waals surface area (Å²) in [6.07, 6.45) is 0.861. The van der Waals surface area contributed by atoms with E-state index in [1.165, 1.54) is 0 Å². The first-order valence-corrected chi connectivity index (χ1v) is 7.24. The minimum absolute atomic E-state index is 0.638. The number of nitrogens with two attached hydrogens (primary N) is 1. The highest BCUT2D eigenvalue weighted by atomic mass is 32.2. The standard InChI is InChI=1S/C14H15N5S/c1-3-10-8-13(19-14(17-10)16-9(2)18-19)20-12-7-5-4-6-11(12)15/h4-8H,3,15H2,1-2H3. The Morgan fingerprint density at radius 1 is 1.25 bits per heavy atom. The van der Waals surface area contributed by atoms with E-state index in [0.29, 0.717) is 11.6 Å². The molecule has 20 heavy (non-hydrogen) atoms.